The molecule has 0 saturated carbocycles. The van der Waals surface area contributed by atoms with Gasteiger partial charge in [-0.15, -0.1) is 0 Å². The van der Waals surface area contributed by atoms with E-state index in [9.17, 15) is 4.79 Å². The molecule has 0 aliphatic rings. The van der Waals surface area contributed by atoms with E-state index < -0.39 is 0 Å². The van der Waals surface area contributed by atoms with Crippen molar-refractivity contribution in [1.82, 2.24) is 4.98 Å². The fourth-order valence-electron chi connectivity index (χ4n) is 2.87. The van der Waals surface area contributed by atoms with Crippen molar-refractivity contribution in [2.75, 3.05) is 12.4 Å². The van der Waals surface area contributed by atoms with Crippen molar-refractivity contribution in [1.29, 1.82) is 0 Å². The minimum absolute atomic E-state index is 0.219. The quantitative estimate of drug-likeness (QED) is 0.482. The molecule has 4 rings (SSSR count). The lowest BCUT2D eigenvalue weighted by Crippen LogP contribution is -2.12. The number of benzene rings is 3. The van der Waals surface area contributed by atoms with Crippen molar-refractivity contribution in [3.05, 3.63) is 76.8 Å². The second kappa shape index (κ2) is 7.37. The minimum Gasteiger partial charge on any atom is -0.497 e. The molecule has 0 spiro atoms. The molecule has 1 amide bonds. The SMILES string of the molecule is COc1cccc(C(=O)Nc2cc(-c3nc4cc(Cl)ccc4o3)ccc2C)c1. The molecule has 0 bridgehead atoms. The van der Waals surface area contributed by atoms with Gasteiger partial charge in [0.1, 0.15) is 11.3 Å². The standard InChI is InChI=1S/C22H17ClN2O3/c1-13-6-7-15(22-25-19-12-16(23)8-9-20(19)28-22)11-18(13)24-21(26)14-4-3-5-17(10-14)27-2/h3-12H,1-2H3,(H,24,26). The van der Waals surface area contributed by atoms with E-state index in [1.54, 1.807) is 49.6 Å². The Morgan fingerprint density at radius 1 is 1.11 bits per heavy atom. The molecule has 0 radical (unpaired) electrons. The van der Waals surface area contributed by atoms with E-state index in [0.29, 0.717) is 39.0 Å². The lowest BCUT2D eigenvalue weighted by molar-refractivity contribution is 0.102. The normalized spacial score (nSPS) is 10.8. The van der Waals surface area contributed by atoms with Gasteiger partial charge in [0.05, 0.1) is 7.11 Å². The number of oxazole rings is 1. The van der Waals surface area contributed by atoms with Crippen LogP contribution in [0.15, 0.2) is 65.1 Å². The number of amides is 1. The van der Waals surface area contributed by atoms with Crippen LogP contribution in [0.4, 0.5) is 5.69 Å². The van der Waals surface area contributed by atoms with Crippen molar-refractivity contribution >= 4 is 34.3 Å². The first kappa shape index (κ1) is 18.1. The van der Waals surface area contributed by atoms with E-state index in [1.165, 1.54) is 0 Å². The second-order valence-electron chi connectivity index (χ2n) is 6.35. The van der Waals surface area contributed by atoms with Crippen LogP contribution in [-0.2, 0) is 0 Å². The van der Waals surface area contributed by atoms with Gasteiger partial charge in [0.2, 0.25) is 5.89 Å². The van der Waals surface area contributed by atoms with Crippen molar-refractivity contribution < 1.29 is 13.9 Å². The first-order valence-corrected chi connectivity index (χ1v) is 9.04. The Balaban J connectivity index is 1.65. The highest BCUT2D eigenvalue weighted by Crippen LogP contribution is 2.29. The number of ether oxygens (including phenoxy) is 1. The number of aryl methyl sites for hydroxylation is 1. The summed E-state index contributed by atoms with van der Waals surface area (Å²) in [6.45, 7) is 1.93. The zero-order chi connectivity index (χ0) is 19.7. The maximum absolute atomic E-state index is 12.6. The molecule has 5 nitrogen and oxygen atoms in total. The van der Waals surface area contributed by atoms with E-state index in [2.05, 4.69) is 10.3 Å². The number of nitrogens with zero attached hydrogens (tertiary/aromatic N) is 1. The number of anilines is 1. The highest BCUT2D eigenvalue weighted by Gasteiger charge is 2.13. The number of aromatic nitrogens is 1. The third kappa shape index (κ3) is 3.57. The van der Waals surface area contributed by atoms with Crippen molar-refractivity contribution in [2.24, 2.45) is 0 Å². The molecular weight excluding hydrogens is 376 g/mol. The Hall–Kier alpha value is -3.31. The maximum Gasteiger partial charge on any atom is 0.255 e. The van der Waals surface area contributed by atoms with Crippen molar-refractivity contribution in [3.8, 4) is 17.2 Å². The third-order valence-electron chi connectivity index (χ3n) is 4.41. The average Bonchev–Trinajstić information content (AvgIpc) is 3.12. The molecule has 140 valence electrons. The number of nitrogens with one attached hydrogen (secondary N) is 1. The van der Waals surface area contributed by atoms with Crippen LogP contribution in [0.2, 0.25) is 5.02 Å². The lowest BCUT2D eigenvalue weighted by Gasteiger charge is -2.10. The summed E-state index contributed by atoms with van der Waals surface area (Å²) in [5.41, 5.74) is 4.23. The lowest BCUT2D eigenvalue weighted by atomic mass is 10.1. The molecule has 0 unspecified atom stereocenters. The average molecular weight is 393 g/mol. The van der Waals surface area contributed by atoms with Gasteiger partial charge in [0.25, 0.3) is 5.91 Å². The van der Waals surface area contributed by atoms with Crippen LogP contribution < -0.4 is 10.1 Å². The van der Waals surface area contributed by atoms with Gasteiger partial charge in [-0.1, -0.05) is 23.7 Å². The highest BCUT2D eigenvalue weighted by molar-refractivity contribution is 6.31. The molecule has 1 heterocycles. The Morgan fingerprint density at radius 2 is 1.96 bits per heavy atom. The van der Waals surface area contributed by atoms with Crippen LogP contribution in [0.25, 0.3) is 22.6 Å². The molecule has 1 aromatic heterocycles. The van der Waals surface area contributed by atoms with Crippen molar-refractivity contribution in [3.63, 3.8) is 0 Å². The van der Waals surface area contributed by atoms with Crippen LogP contribution in [0.3, 0.4) is 0 Å². The number of rotatable bonds is 4. The predicted molar refractivity (Wildman–Crippen MR) is 110 cm³/mol. The molecule has 0 fully saturated rings. The monoisotopic (exact) mass is 392 g/mol. The maximum atomic E-state index is 12.6. The summed E-state index contributed by atoms with van der Waals surface area (Å²) >= 11 is 6.02. The smallest absolute Gasteiger partial charge is 0.255 e. The predicted octanol–water partition coefficient (Wildman–Crippen LogP) is 5.72. The van der Waals surface area contributed by atoms with E-state index in [0.717, 1.165) is 11.1 Å². The molecular formula is C22H17ClN2O3. The summed E-state index contributed by atoms with van der Waals surface area (Å²) in [6, 6.07) is 18.0. The summed E-state index contributed by atoms with van der Waals surface area (Å²) in [5.74, 6) is 0.876. The fourth-order valence-corrected chi connectivity index (χ4v) is 3.04. The van der Waals surface area contributed by atoms with Gasteiger partial charge in [-0.2, -0.15) is 0 Å². The molecule has 0 saturated heterocycles. The van der Waals surface area contributed by atoms with E-state index >= 15 is 0 Å². The number of methoxy groups -OCH3 is 1. The van der Waals surface area contributed by atoms with Crippen LogP contribution >= 0.6 is 11.6 Å². The topological polar surface area (TPSA) is 64.4 Å². The molecule has 1 N–H and O–H groups in total. The van der Waals surface area contributed by atoms with Gasteiger partial charge in [0.15, 0.2) is 5.58 Å². The summed E-state index contributed by atoms with van der Waals surface area (Å²) in [5, 5.41) is 3.55. The van der Waals surface area contributed by atoms with Gasteiger partial charge < -0.3 is 14.5 Å². The van der Waals surface area contributed by atoms with Crippen molar-refractivity contribution in [2.45, 2.75) is 6.92 Å². The van der Waals surface area contributed by atoms with Crippen LogP contribution in [0, 0.1) is 6.92 Å². The van der Waals surface area contributed by atoms with E-state index in [1.807, 2.05) is 25.1 Å². The number of hydrogen-bond donors (Lipinski definition) is 1. The molecule has 0 aliphatic carbocycles. The molecule has 0 atom stereocenters. The molecule has 28 heavy (non-hydrogen) atoms. The molecule has 0 aliphatic heterocycles. The largest absolute Gasteiger partial charge is 0.497 e. The number of carbonyl (C=O) groups excluding carboxylic acids is 1. The first-order valence-electron chi connectivity index (χ1n) is 8.66. The number of fused-ring (bicyclic) bond motifs is 1. The Morgan fingerprint density at radius 3 is 2.79 bits per heavy atom. The van der Waals surface area contributed by atoms with Gasteiger partial charge in [0, 0.05) is 21.8 Å². The van der Waals surface area contributed by atoms with Crippen LogP contribution in [-0.4, -0.2) is 18.0 Å². The molecule has 4 aromatic rings. The first-order chi connectivity index (χ1) is 13.5. The minimum atomic E-state index is -0.219. The highest BCUT2D eigenvalue weighted by atomic mass is 35.5. The van der Waals surface area contributed by atoms with Crippen LogP contribution in [0.1, 0.15) is 15.9 Å². The second-order valence-corrected chi connectivity index (χ2v) is 6.78. The summed E-state index contributed by atoms with van der Waals surface area (Å²) < 4.78 is 11.0. The number of carbonyl (C=O) groups is 1. The fraction of sp³-hybridized carbons (Fsp3) is 0.0909. The van der Waals surface area contributed by atoms with Crippen LogP contribution in [0.5, 0.6) is 5.75 Å². The third-order valence-corrected chi connectivity index (χ3v) is 4.65. The summed E-state index contributed by atoms with van der Waals surface area (Å²) in [4.78, 5) is 17.1. The van der Waals surface area contributed by atoms with E-state index in [-0.39, 0.29) is 5.91 Å². The van der Waals surface area contributed by atoms with Gasteiger partial charge >= 0.3 is 0 Å². The zero-order valence-electron chi connectivity index (χ0n) is 15.3. The summed E-state index contributed by atoms with van der Waals surface area (Å²) in [6.07, 6.45) is 0. The molecule has 3 aromatic carbocycles. The Kier molecular flexibility index (Phi) is 4.75. The van der Waals surface area contributed by atoms with Gasteiger partial charge in [-0.3, -0.25) is 4.79 Å². The number of halogens is 1. The Labute approximate surface area is 166 Å². The number of hydrogen-bond acceptors (Lipinski definition) is 4. The molecule has 6 heteroatoms. The van der Waals surface area contributed by atoms with Gasteiger partial charge in [-0.25, -0.2) is 4.98 Å². The van der Waals surface area contributed by atoms with E-state index in [4.69, 9.17) is 20.8 Å². The zero-order valence-corrected chi connectivity index (χ0v) is 16.1. The summed E-state index contributed by atoms with van der Waals surface area (Å²) in [7, 11) is 1.57. The van der Waals surface area contributed by atoms with Gasteiger partial charge in [-0.05, 0) is 61.0 Å². The Bertz CT molecular complexity index is 1180.